The predicted octanol–water partition coefficient (Wildman–Crippen LogP) is -0.637. The molecule has 0 aliphatic rings. The van der Waals surface area contributed by atoms with Crippen LogP contribution in [-0.4, -0.2) is 14.4 Å². The smallest absolute Gasteiger partial charge is 0.255 e. The lowest BCUT2D eigenvalue weighted by molar-refractivity contribution is -0.584. The normalized spacial score (nSPS) is 10.4. The van der Waals surface area contributed by atoms with Crippen molar-refractivity contribution < 1.29 is 4.73 Å². The van der Waals surface area contributed by atoms with Gasteiger partial charge in [-0.2, -0.15) is 4.40 Å². The number of hydrogen-bond acceptors (Lipinski definition) is 3. The number of fused-ring (bicyclic) bond motifs is 1. The van der Waals surface area contributed by atoms with Crippen molar-refractivity contribution in [1.82, 2.24) is 14.4 Å². The minimum atomic E-state index is 0.481. The van der Waals surface area contributed by atoms with Gasteiger partial charge in [0.15, 0.2) is 6.33 Å². The second-order valence-electron chi connectivity index (χ2n) is 1.86. The lowest BCUT2D eigenvalue weighted by atomic mass is 10.8. The number of nitrogens with zero attached hydrogens (tertiary/aromatic N) is 4. The van der Waals surface area contributed by atoms with Gasteiger partial charge in [0.05, 0.1) is 0 Å². The topological polar surface area (TPSA) is 57.1 Å². The first-order valence-electron chi connectivity index (χ1n) is 2.73. The van der Waals surface area contributed by atoms with Gasteiger partial charge in [-0.05, 0) is 0 Å². The molecule has 0 N–H and O–H groups in total. The van der Waals surface area contributed by atoms with Crippen LogP contribution in [0.15, 0.2) is 25.2 Å². The summed E-state index contributed by atoms with van der Waals surface area (Å²) in [5.41, 5.74) is 0.481. The summed E-state index contributed by atoms with van der Waals surface area (Å²) in [5.74, 6) is 0. The molecule has 0 atom stereocenters. The lowest BCUT2D eigenvalue weighted by Gasteiger charge is -1.99. The van der Waals surface area contributed by atoms with E-state index in [1.807, 2.05) is 0 Å². The van der Waals surface area contributed by atoms with E-state index in [-0.39, 0.29) is 0 Å². The minimum absolute atomic E-state index is 0.481. The lowest BCUT2D eigenvalue weighted by Crippen LogP contribution is -2.28. The zero-order chi connectivity index (χ0) is 6.97. The van der Waals surface area contributed by atoms with Gasteiger partial charge < -0.3 is 5.21 Å². The largest absolute Gasteiger partial charge is 0.740 e. The molecule has 0 radical (unpaired) electrons. The van der Waals surface area contributed by atoms with Crippen LogP contribution in [0.3, 0.4) is 0 Å². The maximum atomic E-state index is 10.8. The molecule has 2 heterocycles. The Balaban J connectivity index is 2.95. The summed E-state index contributed by atoms with van der Waals surface area (Å²) in [5, 5.41) is 10.8. The predicted molar refractivity (Wildman–Crippen MR) is 31.9 cm³/mol. The first-order chi connectivity index (χ1) is 4.88. The van der Waals surface area contributed by atoms with E-state index >= 15 is 0 Å². The van der Waals surface area contributed by atoms with Crippen LogP contribution in [-0.2, 0) is 0 Å². The molecule has 0 bridgehead atoms. The van der Waals surface area contributed by atoms with Gasteiger partial charge in [-0.3, -0.25) is 0 Å². The molecule has 0 aromatic carbocycles. The molecule has 0 aliphatic heterocycles. The molecule has 0 fully saturated rings. The van der Waals surface area contributed by atoms with Gasteiger partial charge in [0, 0.05) is 0 Å². The van der Waals surface area contributed by atoms with E-state index < -0.39 is 0 Å². The van der Waals surface area contributed by atoms with Crippen LogP contribution in [0.1, 0.15) is 0 Å². The van der Waals surface area contributed by atoms with Gasteiger partial charge in [0.1, 0.15) is 6.20 Å². The maximum absolute atomic E-state index is 10.8. The molecule has 5 nitrogen and oxygen atoms in total. The summed E-state index contributed by atoms with van der Waals surface area (Å²) >= 11 is 0. The third kappa shape index (κ3) is 0.540. The van der Waals surface area contributed by atoms with E-state index in [0.717, 1.165) is 0 Å². The zero-order valence-electron chi connectivity index (χ0n) is 5.01. The van der Waals surface area contributed by atoms with Crippen LogP contribution in [0.2, 0.25) is 0 Å². The van der Waals surface area contributed by atoms with E-state index in [4.69, 9.17) is 0 Å². The van der Waals surface area contributed by atoms with Crippen LogP contribution in [0.25, 0.3) is 5.65 Å². The average molecular weight is 136 g/mol. The number of aromatic nitrogens is 4. The molecule has 0 amide bonds. The number of hydrogen-bond donors (Lipinski definition) is 0. The van der Waals surface area contributed by atoms with Crippen molar-refractivity contribution in [3.8, 4) is 0 Å². The fourth-order valence-corrected chi connectivity index (χ4v) is 0.779. The summed E-state index contributed by atoms with van der Waals surface area (Å²) in [6.07, 6.45) is 5.72. The Morgan fingerprint density at radius 3 is 3.00 bits per heavy atom. The summed E-state index contributed by atoms with van der Waals surface area (Å²) in [4.78, 5) is 7.42. The second-order valence-corrected chi connectivity index (χ2v) is 1.86. The highest BCUT2D eigenvalue weighted by atomic mass is 16.5. The molecule has 0 saturated carbocycles. The number of imidazole rings is 1. The third-order valence-corrected chi connectivity index (χ3v) is 1.23. The quantitative estimate of drug-likeness (QED) is 0.357. The van der Waals surface area contributed by atoms with E-state index in [1.165, 1.54) is 25.2 Å². The average Bonchev–Trinajstić information content (AvgIpc) is 2.36. The SMILES string of the molecule is [O-][n+]1cncn2cncc21. The molecule has 50 valence electrons. The molecule has 0 saturated heterocycles. The maximum Gasteiger partial charge on any atom is 0.255 e. The first-order valence-corrected chi connectivity index (χ1v) is 2.73. The Bertz CT molecular complexity index is 355. The monoisotopic (exact) mass is 136 g/mol. The molecule has 0 spiro atoms. The van der Waals surface area contributed by atoms with Gasteiger partial charge in [-0.1, -0.05) is 4.98 Å². The Labute approximate surface area is 56.2 Å². The third-order valence-electron chi connectivity index (χ3n) is 1.23. The molecular formula is C5H4N4O. The Hall–Kier alpha value is -1.65. The van der Waals surface area contributed by atoms with Crippen molar-refractivity contribution in [3.05, 3.63) is 30.4 Å². The van der Waals surface area contributed by atoms with Crippen molar-refractivity contribution in [3.63, 3.8) is 0 Å². The summed E-state index contributed by atoms with van der Waals surface area (Å²) in [6.45, 7) is 0. The fourth-order valence-electron chi connectivity index (χ4n) is 0.779. The Morgan fingerprint density at radius 1 is 1.40 bits per heavy atom. The van der Waals surface area contributed by atoms with Crippen molar-refractivity contribution in [1.29, 1.82) is 0 Å². The molecule has 2 rings (SSSR count). The van der Waals surface area contributed by atoms with Crippen molar-refractivity contribution in [2.24, 2.45) is 0 Å². The molecule has 2 aromatic rings. The van der Waals surface area contributed by atoms with Crippen molar-refractivity contribution in [2.45, 2.75) is 0 Å². The molecule has 10 heavy (non-hydrogen) atoms. The first kappa shape index (κ1) is 5.16. The van der Waals surface area contributed by atoms with E-state index in [9.17, 15) is 5.21 Å². The van der Waals surface area contributed by atoms with Crippen LogP contribution >= 0.6 is 0 Å². The molecular weight excluding hydrogens is 132 g/mol. The standard InChI is InChI=1S/C5H4N4O/c10-9-4-7-3-8-2-6-1-5(8)9/h1-4H. The van der Waals surface area contributed by atoms with Crippen molar-refractivity contribution >= 4 is 5.65 Å². The van der Waals surface area contributed by atoms with Gasteiger partial charge in [0.2, 0.25) is 12.7 Å². The number of rotatable bonds is 0. The molecule has 2 aromatic heterocycles. The fraction of sp³-hybridized carbons (Fsp3) is 0. The summed E-state index contributed by atoms with van der Waals surface area (Å²) in [7, 11) is 0. The van der Waals surface area contributed by atoms with E-state index in [2.05, 4.69) is 9.97 Å². The highest BCUT2D eigenvalue weighted by molar-refractivity contribution is 5.25. The van der Waals surface area contributed by atoms with Gasteiger partial charge in [0.25, 0.3) is 5.65 Å². The highest BCUT2D eigenvalue weighted by Gasteiger charge is 1.98. The van der Waals surface area contributed by atoms with E-state index in [1.54, 1.807) is 4.40 Å². The van der Waals surface area contributed by atoms with Crippen LogP contribution in [0, 0.1) is 5.21 Å². The van der Waals surface area contributed by atoms with Gasteiger partial charge >= 0.3 is 0 Å². The molecule has 0 unspecified atom stereocenters. The second kappa shape index (κ2) is 1.66. The minimum Gasteiger partial charge on any atom is -0.740 e. The summed E-state index contributed by atoms with van der Waals surface area (Å²) < 4.78 is 2.21. The van der Waals surface area contributed by atoms with E-state index in [0.29, 0.717) is 10.4 Å². The van der Waals surface area contributed by atoms with Crippen molar-refractivity contribution in [2.75, 3.05) is 0 Å². The van der Waals surface area contributed by atoms with Crippen LogP contribution < -0.4 is 4.73 Å². The van der Waals surface area contributed by atoms with Gasteiger partial charge in [-0.15, -0.1) is 0 Å². The highest BCUT2D eigenvalue weighted by Crippen LogP contribution is 1.89. The zero-order valence-corrected chi connectivity index (χ0v) is 5.01. The summed E-state index contributed by atoms with van der Waals surface area (Å²) in [6, 6.07) is 0. The van der Waals surface area contributed by atoms with Crippen LogP contribution in [0.5, 0.6) is 0 Å². The Morgan fingerprint density at radius 2 is 2.20 bits per heavy atom. The van der Waals surface area contributed by atoms with Gasteiger partial charge in [-0.25, -0.2) is 9.71 Å². The molecule has 5 heteroatoms. The Kier molecular flexibility index (Phi) is 0.858. The molecule has 0 aliphatic carbocycles. The van der Waals surface area contributed by atoms with Crippen LogP contribution in [0.4, 0.5) is 0 Å².